The van der Waals surface area contributed by atoms with Crippen LogP contribution in [-0.4, -0.2) is 23.6 Å². The predicted molar refractivity (Wildman–Crippen MR) is 112 cm³/mol. The van der Waals surface area contributed by atoms with Gasteiger partial charge in [-0.3, -0.25) is 10.1 Å². The summed E-state index contributed by atoms with van der Waals surface area (Å²) in [5, 5.41) is 7.08. The molecule has 4 aromatic rings. The number of benzene rings is 2. The van der Waals surface area contributed by atoms with Crippen LogP contribution in [-0.2, 0) is 4.74 Å². The molecule has 0 aliphatic rings. The molecule has 2 aromatic carbocycles. The summed E-state index contributed by atoms with van der Waals surface area (Å²) in [5.74, 6) is -0.205. The Morgan fingerprint density at radius 1 is 1.07 bits per heavy atom. The van der Waals surface area contributed by atoms with Gasteiger partial charge in [-0.25, -0.2) is 9.78 Å². The molecule has 0 fully saturated rings. The molecule has 0 atom stereocenters. The van der Waals surface area contributed by atoms with Crippen LogP contribution in [0.3, 0.4) is 0 Å². The van der Waals surface area contributed by atoms with Crippen molar-refractivity contribution >= 4 is 44.4 Å². The molecule has 0 saturated heterocycles. The van der Waals surface area contributed by atoms with Crippen LogP contribution >= 0.6 is 11.3 Å². The largest absolute Gasteiger partial charge is 0.451 e. The van der Waals surface area contributed by atoms with Gasteiger partial charge in [0.1, 0.15) is 16.3 Å². The molecule has 2 N–H and O–H groups in total. The average Bonchev–Trinajstić information content (AvgIpc) is 3.33. The summed E-state index contributed by atoms with van der Waals surface area (Å²) in [6.45, 7) is 1.97. The third-order valence-corrected chi connectivity index (χ3v) is 4.92. The van der Waals surface area contributed by atoms with E-state index in [4.69, 9.17) is 9.15 Å². The van der Waals surface area contributed by atoms with Gasteiger partial charge >= 0.3 is 6.09 Å². The van der Waals surface area contributed by atoms with E-state index in [2.05, 4.69) is 15.6 Å². The number of ether oxygens (including phenoxy) is 1. The highest BCUT2D eigenvalue weighted by Gasteiger charge is 2.19. The molecular formula is C21H17N3O4S. The lowest BCUT2D eigenvalue weighted by atomic mass is 10.2. The van der Waals surface area contributed by atoms with Crippen LogP contribution in [0.25, 0.3) is 22.2 Å². The number of aromatic nitrogens is 1. The molecule has 0 saturated carbocycles. The summed E-state index contributed by atoms with van der Waals surface area (Å²) in [7, 11) is 0. The van der Waals surface area contributed by atoms with E-state index in [1.807, 2.05) is 48.5 Å². The molecule has 146 valence electrons. The number of hydrogen-bond donors (Lipinski definition) is 2. The third-order valence-electron chi connectivity index (χ3n) is 4.04. The van der Waals surface area contributed by atoms with E-state index < -0.39 is 12.0 Å². The number of nitrogens with zero attached hydrogens (tertiary/aromatic N) is 1. The maximum atomic E-state index is 12.8. The lowest BCUT2D eigenvalue weighted by Gasteiger charge is -2.03. The molecule has 8 heteroatoms. The van der Waals surface area contributed by atoms with Crippen molar-refractivity contribution in [3.63, 3.8) is 0 Å². The first-order valence-corrected chi connectivity index (χ1v) is 9.75. The fourth-order valence-corrected chi connectivity index (χ4v) is 3.63. The molecule has 0 radical (unpaired) electrons. The Bertz CT molecular complexity index is 1130. The number of furan rings is 1. The Labute approximate surface area is 170 Å². The lowest BCUT2D eigenvalue weighted by Crippen LogP contribution is -2.12. The topological polar surface area (TPSA) is 93.5 Å². The van der Waals surface area contributed by atoms with Crippen LogP contribution in [0, 0.1) is 0 Å². The van der Waals surface area contributed by atoms with Crippen LogP contribution < -0.4 is 10.6 Å². The van der Waals surface area contributed by atoms with Crippen molar-refractivity contribution in [1.29, 1.82) is 0 Å². The van der Waals surface area contributed by atoms with Gasteiger partial charge in [-0.2, -0.15) is 0 Å². The normalized spacial score (nSPS) is 10.7. The number of para-hydroxylation sites is 1. The van der Waals surface area contributed by atoms with Crippen LogP contribution in [0.2, 0.25) is 0 Å². The minimum absolute atomic E-state index is 0.193. The van der Waals surface area contributed by atoms with Crippen LogP contribution in [0.5, 0.6) is 0 Å². The Morgan fingerprint density at radius 2 is 1.83 bits per heavy atom. The number of carbonyl (C=O) groups excluding carboxylic acids is 2. The van der Waals surface area contributed by atoms with Crippen molar-refractivity contribution in [3.05, 3.63) is 66.4 Å². The molecular weight excluding hydrogens is 390 g/mol. The summed E-state index contributed by atoms with van der Waals surface area (Å²) in [4.78, 5) is 29.0. The molecule has 2 aromatic heterocycles. The molecule has 4 rings (SSSR count). The molecule has 0 aliphatic carbocycles. The number of fused-ring (bicyclic) bond motifs is 1. The van der Waals surface area contributed by atoms with Crippen LogP contribution in [0.1, 0.15) is 17.5 Å². The van der Waals surface area contributed by atoms with Gasteiger partial charge in [0.15, 0.2) is 10.9 Å². The zero-order valence-corrected chi connectivity index (χ0v) is 16.3. The van der Waals surface area contributed by atoms with E-state index in [-0.39, 0.29) is 12.4 Å². The number of rotatable bonds is 5. The third kappa shape index (κ3) is 4.12. The fourth-order valence-electron chi connectivity index (χ4n) is 2.76. The smallest absolute Gasteiger partial charge is 0.413 e. The number of nitrogens with one attached hydrogen (secondary N) is 2. The molecule has 0 unspecified atom stereocenters. The summed E-state index contributed by atoms with van der Waals surface area (Å²) in [6.07, 6.45) is -0.601. The van der Waals surface area contributed by atoms with E-state index in [1.165, 1.54) is 0 Å². The SMILES string of the molecule is CCOC(=O)Nc1nc(-c2ccccc2)c(NC(=O)c2cc3ccccc3o2)s1. The number of hydrogen-bond acceptors (Lipinski definition) is 6. The summed E-state index contributed by atoms with van der Waals surface area (Å²) in [5.41, 5.74) is 1.99. The van der Waals surface area contributed by atoms with E-state index in [0.29, 0.717) is 21.4 Å². The minimum Gasteiger partial charge on any atom is -0.451 e. The van der Waals surface area contributed by atoms with Gasteiger partial charge in [0, 0.05) is 10.9 Å². The van der Waals surface area contributed by atoms with Crippen molar-refractivity contribution in [2.24, 2.45) is 0 Å². The molecule has 7 nitrogen and oxygen atoms in total. The zero-order valence-electron chi connectivity index (χ0n) is 15.5. The van der Waals surface area contributed by atoms with Crippen molar-refractivity contribution in [2.45, 2.75) is 6.92 Å². The van der Waals surface area contributed by atoms with E-state index in [9.17, 15) is 9.59 Å². The van der Waals surface area contributed by atoms with E-state index in [0.717, 1.165) is 22.3 Å². The second kappa shape index (κ2) is 8.15. The molecule has 2 heterocycles. The molecule has 0 spiro atoms. The number of thiazole rings is 1. The molecule has 0 bridgehead atoms. The number of amides is 2. The first-order valence-electron chi connectivity index (χ1n) is 8.94. The first-order chi connectivity index (χ1) is 14.1. The lowest BCUT2D eigenvalue weighted by molar-refractivity contribution is 0.0999. The van der Waals surface area contributed by atoms with Gasteiger partial charge in [-0.15, -0.1) is 0 Å². The zero-order chi connectivity index (χ0) is 20.2. The number of carbonyl (C=O) groups is 2. The Hall–Kier alpha value is -3.65. The Morgan fingerprint density at radius 3 is 2.59 bits per heavy atom. The summed E-state index contributed by atoms with van der Waals surface area (Å²) < 4.78 is 10.5. The van der Waals surface area contributed by atoms with E-state index in [1.54, 1.807) is 19.1 Å². The standard InChI is InChI=1S/C21H17N3O4S/c1-2-27-21(26)24-20-22-17(13-8-4-3-5-9-13)19(29-20)23-18(25)16-12-14-10-6-7-11-15(14)28-16/h3-12H,2H2,1H3,(H,23,25)(H,22,24,26). The second-order valence-electron chi connectivity index (χ2n) is 6.01. The van der Waals surface area contributed by atoms with Crippen molar-refractivity contribution in [1.82, 2.24) is 4.98 Å². The molecule has 0 aliphatic heterocycles. The average molecular weight is 407 g/mol. The molecule has 2 amide bonds. The van der Waals surface area contributed by atoms with Crippen LogP contribution in [0.4, 0.5) is 14.9 Å². The molecule has 29 heavy (non-hydrogen) atoms. The van der Waals surface area contributed by atoms with Crippen LogP contribution in [0.15, 0.2) is 65.1 Å². The highest BCUT2D eigenvalue weighted by Crippen LogP contribution is 2.36. The fraction of sp³-hybridized carbons (Fsp3) is 0.0952. The quantitative estimate of drug-likeness (QED) is 0.463. The van der Waals surface area contributed by atoms with Crippen molar-refractivity contribution in [2.75, 3.05) is 17.2 Å². The van der Waals surface area contributed by atoms with Gasteiger partial charge in [-0.1, -0.05) is 59.9 Å². The number of anilines is 2. The van der Waals surface area contributed by atoms with Gasteiger partial charge < -0.3 is 14.5 Å². The highest BCUT2D eigenvalue weighted by molar-refractivity contribution is 7.20. The highest BCUT2D eigenvalue weighted by atomic mass is 32.1. The maximum Gasteiger partial charge on any atom is 0.413 e. The minimum atomic E-state index is -0.601. The van der Waals surface area contributed by atoms with Crippen molar-refractivity contribution in [3.8, 4) is 11.3 Å². The Kier molecular flexibility index (Phi) is 5.26. The van der Waals surface area contributed by atoms with Crippen molar-refractivity contribution < 1.29 is 18.7 Å². The van der Waals surface area contributed by atoms with E-state index >= 15 is 0 Å². The summed E-state index contributed by atoms with van der Waals surface area (Å²) >= 11 is 1.14. The summed E-state index contributed by atoms with van der Waals surface area (Å²) in [6, 6.07) is 18.5. The van der Waals surface area contributed by atoms with Gasteiger partial charge in [0.2, 0.25) is 0 Å². The predicted octanol–water partition coefficient (Wildman–Crippen LogP) is 5.38. The maximum absolute atomic E-state index is 12.8. The van der Waals surface area contributed by atoms with Gasteiger partial charge in [0.05, 0.1) is 6.61 Å². The first kappa shape index (κ1) is 18.7. The van der Waals surface area contributed by atoms with Gasteiger partial charge in [-0.05, 0) is 19.1 Å². The Balaban J connectivity index is 1.64. The second-order valence-corrected chi connectivity index (χ2v) is 7.01. The monoisotopic (exact) mass is 407 g/mol. The van der Waals surface area contributed by atoms with Gasteiger partial charge in [0.25, 0.3) is 5.91 Å².